The summed E-state index contributed by atoms with van der Waals surface area (Å²) in [5.74, 6) is -0.138. The summed E-state index contributed by atoms with van der Waals surface area (Å²) in [5, 5.41) is 10.5. The van der Waals surface area contributed by atoms with E-state index in [1.165, 1.54) is 24.3 Å². The van der Waals surface area contributed by atoms with Gasteiger partial charge in [0.15, 0.2) is 5.78 Å². The first kappa shape index (κ1) is 26.2. The van der Waals surface area contributed by atoms with E-state index < -0.39 is 4.92 Å². The van der Waals surface area contributed by atoms with Gasteiger partial charge in [0, 0.05) is 40.6 Å². The van der Waals surface area contributed by atoms with Crippen molar-refractivity contribution in [1.29, 1.82) is 0 Å². The van der Waals surface area contributed by atoms with Gasteiger partial charge in [-0.3, -0.25) is 14.9 Å². The number of carbonyl (C=O) groups is 1. The van der Waals surface area contributed by atoms with Gasteiger partial charge >= 0.3 is 33.9 Å². The molecule has 0 bridgehead atoms. The third-order valence-corrected chi connectivity index (χ3v) is 2.38. The number of hydrogen-bond donors (Lipinski definition) is 0. The van der Waals surface area contributed by atoms with Gasteiger partial charge in [-0.25, -0.2) is 0 Å². The van der Waals surface area contributed by atoms with Crippen molar-refractivity contribution >= 4 is 11.5 Å². The SMILES string of the molecule is O=C(c1ccccc1)c1ccc([N+](=O)[O-])cc1.[C-]#[O+].[C-]#[O+].[C-]#[O+].[Cr]. The van der Waals surface area contributed by atoms with Gasteiger partial charge < -0.3 is 0 Å². The van der Waals surface area contributed by atoms with E-state index in [1.807, 2.05) is 6.07 Å². The molecule has 0 heterocycles. The zero-order chi connectivity index (χ0) is 18.3. The second-order valence-electron chi connectivity index (χ2n) is 3.50. The van der Waals surface area contributed by atoms with Gasteiger partial charge in [-0.05, 0) is 12.1 Å². The van der Waals surface area contributed by atoms with E-state index in [9.17, 15) is 14.9 Å². The molecule has 2 aromatic rings. The molecule has 0 saturated carbocycles. The van der Waals surface area contributed by atoms with Crippen LogP contribution < -0.4 is 0 Å². The molecule has 0 aliphatic carbocycles. The molecule has 0 radical (unpaired) electrons. The molecule has 120 valence electrons. The fraction of sp³-hybridized carbons (Fsp3) is 0. The van der Waals surface area contributed by atoms with Crippen LogP contribution in [-0.4, -0.2) is 10.7 Å². The predicted octanol–water partition coefficient (Wildman–Crippen LogP) is 2.71. The Morgan fingerprint density at radius 3 is 1.54 bits per heavy atom. The summed E-state index contributed by atoms with van der Waals surface area (Å²) in [6.45, 7) is 13.5. The minimum absolute atomic E-state index is 0. The fourth-order valence-corrected chi connectivity index (χ4v) is 1.49. The monoisotopic (exact) mass is 363 g/mol. The largest absolute Gasteiger partial charge is 0 e. The summed E-state index contributed by atoms with van der Waals surface area (Å²) in [4.78, 5) is 21.9. The van der Waals surface area contributed by atoms with Crippen molar-refractivity contribution in [2.75, 3.05) is 0 Å². The van der Waals surface area contributed by atoms with E-state index in [1.54, 1.807) is 24.3 Å². The van der Waals surface area contributed by atoms with Crippen LogP contribution >= 0.6 is 0 Å². The number of carbonyl (C=O) groups excluding carboxylic acids is 1. The van der Waals surface area contributed by atoms with Crippen LogP contribution in [0.2, 0.25) is 0 Å². The summed E-state index contributed by atoms with van der Waals surface area (Å²) in [6, 6.07) is 14.4. The molecule has 2 aromatic carbocycles. The van der Waals surface area contributed by atoms with Crippen LogP contribution in [0.5, 0.6) is 0 Å². The maximum Gasteiger partial charge on any atom is 0 e. The average Bonchev–Trinajstić information content (AvgIpc) is 2.67. The zero-order valence-electron chi connectivity index (χ0n) is 12.0. The van der Waals surface area contributed by atoms with Gasteiger partial charge in [-0.15, -0.1) is 0 Å². The van der Waals surface area contributed by atoms with E-state index >= 15 is 0 Å². The third kappa shape index (κ3) is 8.64. The average molecular weight is 363 g/mol. The van der Waals surface area contributed by atoms with Crippen molar-refractivity contribution in [2.24, 2.45) is 0 Å². The first-order valence-electron chi connectivity index (χ1n) is 5.64. The zero-order valence-corrected chi connectivity index (χ0v) is 13.3. The molecule has 0 amide bonds. The molecule has 0 aliphatic rings. The molecule has 8 heteroatoms. The number of nitro benzene ring substituents is 1. The van der Waals surface area contributed by atoms with Crippen molar-refractivity contribution in [3.05, 3.63) is 95.8 Å². The normalized spacial score (nSPS) is 7.25. The summed E-state index contributed by atoms with van der Waals surface area (Å²) < 4.78 is 22.5. The maximum absolute atomic E-state index is 12.0. The van der Waals surface area contributed by atoms with Crippen LogP contribution in [0.3, 0.4) is 0 Å². The van der Waals surface area contributed by atoms with E-state index in [-0.39, 0.29) is 28.8 Å². The molecule has 0 spiro atoms. The fourth-order valence-electron chi connectivity index (χ4n) is 1.49. The molecule has 0 unspecified atom stereocenters. The first-order valence-corrected chi connectivity index (χ1v) is 5.64. The van der Waals surface area contributed by atoms with Crippen LogP contribution in [-0.2, 0) is 31.3 Å². The molecule has 0 aliphatic heterocycles. The van der Waals surface area contributed by atoms with Gasteiger partial charge in [0.1, 0.15) is 0 Å². The van der Waals surface area contributed by atoms with Crippen molar-refractivity contribution in [1.82, 2.24) is 0 Å². The number of non-ortho nitro benzene ring substituents is 1. The number of benzene rings is 2. The number of nitrogens with zero attached hydrogens (tertiary/aromatic N) is 1. The molecule has 0 N–H and O–H groups in total. The maximum atomic E-state index is 12.0. The Bertz CT molecular complexity index is 663. The van der Waals surface area contributed by atoms with Crippen molar-refractivity contribution in [2.45, 2.75) is 0 Å². The summed E-state index contributed by atoms with van der Waals surface area (Å²) in [7, 11) is 0. The number of ketones is 1. The molecule has 0 fully saturated rings. The molecular weight excluding hydrogens is 354 g/mol. The van der Waals surface area contributed by atoms with Gasteiger partial charge in [-0.2, -0.15) is 0 Å². The quantitative estimate of drug-likeness (QED) is 0.274. The second-order valence-corrected chi connectivity index (χ2v) is 3.50. The Hall–Kier alpha value is -2.74. The molecule has 0 saturated heterocycles. The Morgan fingerprint density at radius 2 is 1.17 bits per heavy atom. The Kier molecular flexibility index (Phi) is 18.1. The molecule has 7 nitrogen and oxygen atoms in total. The Labute approximate surface area is 148 Å². The van der Waals surface area contributed by atoms with E-state index in [2.05, 4.69) is 20.0 Å². The van der Waals surface area contributed by atoms with E-state index in [4.69, 9.17) is 14.0 Å². The van der Waals surface area contributed by atoms with E-state index in [0.29, 0.717) is 11.1 Å². The van der Waals surface area contributed by atoms with Gasteiger partial charge in [0.2, 0.25) is 0 Å². The summed E-state index contributed by atoms with van der Waals surface area (Å²) in [6.07, 6.45) is 0. The smallest absolute Gasteiger partial charge is 0 e. The number of hydrogen-bond acceptors (Lipinski definition) is 3. The summed E-state index contributed by atoms with van der Waals surface area (Å²) >= 11 is 0. The molecule has 2 rings (SSSR count). The minimum Gasteiger partial charge on any atom is 0 e. The summed E-state index contributed by atoms with van der Waals surface area (Å²) in [5.41, 5.74) is 0.998. The topological polar surface area (TPSA) is 120 Å². The molecule has 0 atom stereocenters. The third-order valence-electron chi connectivity index (χ3n) is 2.38. The minimum atomic E-state index is -0.489. The van der Waals surface area contributed by atoms with Crippen LogP contribution in [0.15, 0.2) is 54.6 Å². The van der Waals surface area contributed by atoms with Crippen LogP contribution in [0.4, 0.5) is 5.69 Å². The van der Waals surface area contributed by atoms with Gasteiger partial charge in [0.05, 0.1) is 4.92 Å². The van der Waals surface area contributed by atoms with Gasteiger partial charge in [0.25, 0.3) is 5.69 Å². The van der Waals surface area contributed by atoms with Crippen molar-refractivity contribution < 1.29 is 41.0 Å². The Morgan fingerprint density at radius 1 is 0.792 bits per heavy atom. The van der Waals surface area contributed by atoms with Crippen LogP contribution in [0, 0.1) is 30.1 Å². The Balaban J connectivity index is -0.000000569. The number of rotatable bonds is 3. The van der Waals surface area contributed by atoms with Crippen LogP contribution in [0.25, 0.3) is 0 Å². The first-order chi connectivity index (χ1) is 11.2. The second kappa shape index (κ2) is 16.6. The standard InChI is InChI=1S/C13H9NO3.3CO.Cr/c15-13(10-4-2-1-3-5-10)11-6-8-12(9-7-11)14(16)17;3*1-2;/h1-9H;;;;. The molecule has 24 heavy (non-hydrogen) atoms. The van der Waals surface area contributed by atoms with E-state index in [0.717, 1.165) is 0 Å². The number of nitro groups is 1. The van der Waals surface area contributed by atoms with Gasteiger partial charge in [-0.1, -0.05) is 30.3 Å². The predicted molar refractivity (Wildman–Crippen MR) is 74.8 cm³/mol. The van der Waals surface area contributed by atoms with Crippen LogP contribution in [0.1, 0.15) is 15.9 Å². The molecular formula is C16H9CrNO6. The van der Waals surface area contributed by atoms with Crippen molar-refractivity contribution in [3.8, 4) is 0 Å². The van der Waals surface area contributed by atoms with Crippen molar-refractivity contribution in [3.63, 3.8) is 0 Å². The molecule has 0 aromatic heterocycles.